The highest BCUT2D eigenvalue weighted by Crippen LogP contribution is 2.36. The summed E-state index contributed by atoms with van der Waals surface area (Å²) in [5.41, 5.74) is 5.63. The zero-order valence-electron chi connectivity index (χ0n) is 19.4. The average molecular weight is 459 g/mol. The van der Waals surface area contributed by atoms with Crippen LogP contribution in [-0.2, 0) is 4.79 Å². The van der Waals surface area contributed by atoms with Crippen LogP contribution in [0.25, 0.3) is 22.8 Å². The topological polar surface area (TPSA) is 68.4 Å². The number of benzene rings is 2. The van der Waals surface area contributed by atoms with E-state index in [4.69, 9.17) is 0 Å². The van der Waals surface area contributed by atoms with Crippen LogP contribution in [0.3, 0.4) is 0 Å². The summed E-state index contributed by atoms with van der Waals surface area (Å²) >= 11 is 0. The third-order valence-electron chi connectivity index (χ3n) is 6.14. The summed E-state index contributed by atoms with van der Waals surface area (Å²) in [5, 5.41) is 2.96. The van der Waals surface area contributed by atoms with E-state index in [0.29, 0.717) is 17.8 Å². The zero-order chi connectivity index (χ0) is 23.4. The molecule has 2 aromatic carbocycles. The molecule has 0 saturated carbocycles. The molecule has 3 aromatic rings. The Kier molecular flexibility index (Phi) is 8.08. The zero-order valence-corrected chi connectivity index (χ0v) is 19.4. The summed E-state index contributed by atoms with van der Waals surface area (Å²) < 4.78 is 0. The largest absolute Gasteiger partial charge is 0.351 e. The van der Waals surface area contributed by atoms with E-state index in [9.17, 15) is 9.59 Å². The lowest BCUT2D eigenvalue weighted by Crippen LogP contribution is -2.36. The van der Waals surface area contributed by atoms with Crippen molar-refractivity contribution in [3.63, 3.8) is 0 Å². The quantitative estimate of drug-likeness (QED) is 0.455. The highest BCUT2D eigenvalue weighted by Gasteiger charge is 2.25. The number of amides is 2. The van der Waals surface area contributed by atoms with E-state index in [-0.39, 0.29) is 19.2 Å². The number of carbonyl (C=O) groups is 2. The van der Waals surface area contributed by atoms with Crippen LogP contribution in [0.15, 0.2) is 60.7 Å². The molecule has 1 aliphatic rings. The van der Waals surface area contributed by atoms with Crippen LogP contribution in [0.5, 0.6) is 0 Å². The molecule has 0 atom stereocenters. The van der Waals surface area contributed by atoms with E-state index in [1.807, 2.05) is 61.6 Å². The molecule has 6 nitrogen and oxygen atoms in total. The van der Waals surface area contributed by atoms with Crippen LogP contribution in [-0.4, -0.2) is 59.8 Å². The number of hydrogen-bond acceptors (Lipinski definition) is 3. The highest BCUT2D eigenvalue weighted by molar-refractivity contribution is 6.35. The van der Waals surface area contributed by atoms with E-state index in [1.54, 1.807) is 17.0 Å². The third-order valence-corrected chi connectivity index (χ3v) is 6.14. The summed E-state index contributed by atoms with van der Waals surface area (Å²) in [7, 11) is 1.82. The van der Waals surface area contributed by atoms with Crippen molar-refractivity contribution in [2.75, 3.05) is 38.5 Å². The van der Waals surface area contributed by atoms with Crippen molar-refractivity contribution in [2.24, 2.45) is 0 Å². The smallest absolute Gasteiger partial charge is 0.270 e. The van der Waals surface area contributed by atoms with Gasteiger partial charge in [0.2, 0.25) is 0 Å². The average Bonchev–Trinajstić information content (AvgIpc) is 3.43. The Morgan fingerprint density at radius 2 is 1.68 bits per heavy atom. The Labute approximate surface area is 202 Å². The molecule has 0 aliphatic carbocycles. The van der Waals surface area contributed by atoms with Crippen molar-refractivity contribution in [2.45, 2.75) is 21.3 Å². The van der Waals surface area contributed by atoms with Crippen molar-refractivity contribution >= 4 is 29.2 Å². The molecule has 6 heteroatoms. The molecule has 0 fully saturated rings. The van der Waals surface area contributed by atoms with Gasteiger partial charge in [-0.05, 0) is 48.5 Å². The number of H-pyrrole nitrogens is 1. The Morgan fingerprint density at radius 3 is 2.38 bits per heavy atom. The summed E-state index contributed by atoms with van der Waals surface area (Å²) in [6, 6.07) is 19.7. The lowest BCUT2D eigenvalue weighted by atomic mass is 10.00. The molecule has 4 rings (SSSR count). The number of nitrogens with one attached hydrogen (secondary N) is 2. The fraction of sp³-hybridized carbons (Fsp3) is 0.286. The molecular weight excluding hydrogens is 424 g/mol. The van der Waals surface area contributed by atoms with Gasteiger partial charge in [0.05, 0.1) is 5.57 Å². The molecule has 0 radical (unpaired) electrons. The lowest BCUT2D eigenvalue weighted by molar-refractivity contribution is -0.110. The van der Waals surface area contributed by atoms with E-state index in [1.165, 1.54) is 0 Å². The second kappa shape index (κ2) is 11.0. The number of aromatic nitrogens is 1. The molecule has 34 heavy (non-hydrogen) atoms. The van der Waals surface area contributed by atoms with Crippen LogP contribution >= 0.6 is 0 Å². The summed E-state index contributed by atoms with van der Waals surface area (Å²) in [6.07, 6.45) is 1.80. The predicted molar refractivity (Wildman–Crippen MR) is 141 cm³/mol. The number of rotatable bonds is 8. The van der Waals surface area contributed by atoms with Crippen LogP contribution < -0.4 is 5.32 Å². The summed E-state index contributed by atoms with van der Waals surface area (Å²) in [4.78, 5) is 32.6. The van der Waals surface area contributed by atoms with Crippen LogP contribution in [0.1, 0.15) is 43.0 Å². The molecule has 178 valence electrons. The van der Waals surface area contributed by atoms with Crippen molar-refractivity contribution in [1.82, 2.24) is 14.8 Å². The monoisotopic (exact) mass is 458 g/mol. The SMILES string of the molecule is C.CCN(CC)CCN(C)C(=O)c1ccc(/C=C2\C(=O)Nc3cc(-c4ccccc4)ccc32)[nH]1. The number of anilines is 1. The van der Waals surface area contributed by atoms with Gasteiger partial charge in [0, 0.05) is 37.1 Å². The molecule has 2 heterocycles. The normalized spacial score (nSPS) is 13.5. The van der Waals surface area contributed by atoms with Crippen LogP contribution in [0.4, 0.5) is 5.69 Å². The molecule has 0 bridgehead atoms. The maximum Gasteiger partial charge on any atom is 0.270 e. The minimum absolute atomic E-state index is 0. The lowest BCUT2D eigenvalue weighted by Gasteiger charge is -2.22. The van der Waals surface area contributed by atoms with Crippen molar-refractivity contribution in [1.29, 1.82) is 0 Å². The van der Waals surface area contributed by atoms with Gasteiger partial charge in [0.25, 0.3) is 11.8 Å². The predicted octanol–water partition coefficient (Wildman–Crippen LogP) is 5.22. The number of fused-ring (bicyclic) bond motifs is 1. The minimum Gasteiger partial charge on any atom is -0.351 e. The van der Waals surface area contributed by atoms with E-state index < -0.39 is 0 Å². The van der Waals surface area contributed by atoms with Gasteiger partial charge in [-0.1, -0.05) is 63.7 Å². The molecular formula is C28H34N4O2. The van der Waals surface area contributed by atoms with Crippen molar-refractivity contribution in [3.05, 3.63) is 77.6 Å². The Morgan fingerprint density at radius 1 is 0.941 bits per heavy atom. The maximum absolute atomic E-state index is 12.8. The number of aromatic amines is 1. The van der Waals surface area contributed by atoms with Gasteiger partial charge < -0.3 is 20.1 Å². The summed E-state index contributed by atoms with van der Waals surface area (Å²) in [5.74, 6) is -0.204. The van der Waals surface area contributed by atoms with Crippen molar-refractivity contribution in [3.8, 4) is 11.1 Å². The number of carbonyl (C=O) groups excluding carboxylic acids is 2. The molecule has 2 N–H and O–H groups in total. The van der Waals surface area contributed by atoms with Gasteiger partial charge in [-0.3, -0.25) is 9.59 Å². The van der Waals surface area contributed by atoms with E-state index in [2.05, 4.69) is 29.0 Å². The standard InChI is InChI=1S/C27H30N4O2.CH4/c1-4-31(5-2)16-15-30(3)27(33)24-14-12-21(28-24)18-23-22-13-11-20(17-25(22)29-26(23)32)19-9-7-6-8-10-19;/h6-14,17-18,28H,4-5,15-16H2,1-3H3,(H,29,32);1H4/b23-18-;. The molecule has 1 aromatic heterocycles. The first kappa shape index (κ1) is 25.0. The number of hydrogen-bond donors (Lipinski definition) is 2. The molecule has 1 aliphatic heterocycles. The number of nitrogens with zero attached hydrogens (tertiary/aromatic N) is 2. The van der Waals surface area contributed by atoms with E-state index in [0.717, 1.165) is 47.7 Å². The van der Waals surface area contributed by atoms with Gasteiger partial charge >= 0.3 is 0 Å². The Bertz CT molecular complexity index is 1180. The molecule has 2 amide bonds. The van der Waals surface area contributed by atoms with Gasteiger partial charge in [0.1, 0.15) is 5.69 Å². The Balaban J connectivity index is 0.00000324. The van der Waals surface area contributed by atoms with Gasteiger partial charge in [-0.15, -0.1) is 0 Å². The van der Waals surface area contributed by atoms with Gasteiger partial charge in [-0.25, -0.2) is 0 Å². The number of likely N-dealkylation sites (N-methyl/N-ethyl adjacent to an activating group) is 2. The third kappa shape index (κ3) is 5.29. The van der Waals surface area contributed by atoms with Crippen LogP contribution in [0.2, 0.25) is 0 Å². The first-order chi connectivity index (χ1) is 16.0. The molecule has 0 unspecified atom stereocenters. The van der Waals surface area contributed by atoms with Crippen LogP contribution in [0, 0.1) is 0 Å². The molecule has 0 saturated heterocycles. The second-order valence-corrected chi connectivity index (χ2v) is 8.22. The fourth-order valence-electron chi connectivity index (χ4n) is 4.06. The first-order valence-electron chi connectivity index (χ1n) is 11.4. The van der Waals surface area contributed by atoms with Crippen molar-refractivity contribution < 1.29 is 9.59 Å². The fourth-order valence-corrected chi connectivity index (χ4v) is 4.06. The highest BCUT2D eigenvalue weighted by atomic mass is 16.2. The minimum atomic E-state index is -0.144. The summed E-state index contributed by atoms with van der Waals surface area (Å²) in [6.45, 7) is 7.68. The maximum atomic E-state index is 12.8. The van der Waals surface area contributed by atoms with Gasteiger partial charge in [0.15, 0.2) is 0 Å². The second-order valence-electron chi connectivity index (χ2n) is 8.22. The van der Waals surface area contributed by atoms with Gasteiger partial charge in [-0.2, -0.15) is 0 Å². The molecule has 0 spiro atoms. The first-order valence-corrected chi connectivity index (χ1v) is 11.4. The Hall–Kier alpha value is -3.64. The van der Waals surface area contributed by atoms with E-state index >= 15 is 0 Å².